The number of hydrogen-bond acceptors (Lipinski definition) is 3. The van der Waals surface area contributed by atoms with E-state index in [0.29, 0.717) is 0 Å². The van der Waals surface area contributed by atoms with E-state index in [9.17, 15) is 9.90 Å². The Bertz CT molecular complexity index is 674. The number of ketones is 1. The number of aliphatic hydroxyl groups excluding tert-OH is 1. The third kappa shape index (κ3) is 2.68. The molecule has 0 heterocycles. The summed E-state index contributed by atoms with van der Waals surface area (Å²) in [6.45, 7) is 0. The zero-order chi connectivity index (χ0) is 15.5. The maximum Gasteiger partial charge on any atom is 0.162 e. The SMILES string of the molecule is COc1ccc([C@H](O)[C@H]2C(=O)C=C[C@@H]2c2ccccc2)cc1. The Kier molecular flexibility index (Phi) is 4.07. The Morgan fingerprint density at radius 1 is 1.05 bits per heavy atom. The van der Waals surface area contributed by atoms with E-state index >= 15 is 0 Å². The Balaban J connectivity index is 1.89. The summed E-state index contributed by atoms with van der Waals surface area (Å²) in [5, 5.41) is 10.7. The van der Waals surface area contributed by atoms with Gasteiger partial charge in [0.05, 0.1) is 19.1 Å². The van der Waals surface area contributed by atoms with Gasteiger partial charge in [0.1, 0.15) is 5.75 Å². The number of carbonyl (C=O) groups excluding carboxylic acids is 1. The van der Waals surface area contributed by atoms with Crippen LogP contribution in [0, 0.1) is 5.92 Å². The number of hydrogen-bond donors (Lipinski definition) is 1. The van der Waals surface area contributed by atoms with Gasteiger partial charge >= 0.3 is 0 Å². The third-order valence-corrected chi connectivity index (χ3v) is 4.17. The van der Waals surface area contributed by atoms with Crippen molar-refractivity contribution < 1.29 is 14.6 Å². The standard InChI is InChI=1S/C19H18O3/c1-22-15-9-7-14(8-10-15)19(21)18-16(11-12-17(18)20)13-5-3-2-4-6-13/h2-12,16,18-19,21H,1H3/t16-,18-,19+/m1/s1. The fourth-order valence-corrected chi connectivity index (χ4v) is 2.96. The summed E-state index contributed by atoms with van der Waals surface area (Å²) in [6.07, 6.45) is 2.63. The van der Waals surface area contributed by atoms with Gasteiger partial charge in [-0.15, -0.1) is 0 Å². The van der Waals surface area contributed by atoms with Crippen LogP contribution in [0.3, 0.4) is 0 Å². The lowest BCUT2D eigenvalue weighted by Crippen LogP contribution is -2.23. The maximum absolute atomic E-state index is 12.2. The predicted octanol–water partition coefficient (Wildman–Crippen LogP) is 3.27. The number of rotatable bonds is 4. The minimum absolute atomic E-state index is 0.0304. The molecule has 2 aromatic rings. The molecule has 3 nitrogen and oxygen atoms in total. The van der Waals surface area contributed by atoms with Crippen LogP contribution >= 0.6 is 0 Å². The second-order valence-electron chi connectivity index (χ2n) is 5.44. The summed E-state index contributed by atoms with van der Waals surface area (Å²) in [7, 11) is 1.60. The average Bonchev–Trinajstić information content (AvgIpc) is 2.96. The molecule has 0 saturated heterocycles. The molecular weight excluding hydrogens is 276 g/mol. The van der Waals surface area contributed by atoms with E-state index in [4.69, 9.17) is 4.74 Å². The van der Waals surface area contributed by atoms with Gasteiger partial charge in [-0.25, -0.2) is 0 Å². The van der Waals surface area contributed by atoms with Gasteiger partial charge in [0.15, 0.2) is 5.78 Å². The van der Waals surface area contributed by atoms with Gasteiger partial charge < -0.3 is 9.84 Å². The number of methoxy groups -OCH3 is 1. The van der Waals surface area contributed by atoms with E-state index in [1.54, 1.807) is 37.5 Å². The highest BCUT2D eigenvalue weighted by Gasteiger charge is 2.37. The minimum atomic E-state index is -0.835. The van der Waals surface area contributed by atoms with E-state index in [1.807, 2.05) is 36.4 Å². The summed E-state index contributed by atoms with van der Waals surface area (Å²) in [6, 6.07) is 17.0. The molecule has 0 bridgehead atoms. The Morgan fingerprint density at radius 2 is 1.73 bits per heavy atom. The Morgan fingerprint density at radius 3 is 2.36 bits per heavy atom. The van der Waals surface area contributed by atoms with E-state index < -0.39 is 12.0 Å². The summed E-state index contributed by atoms with van der Waals surface area (Å²) >= 11 is 0. The first kappa shape index (κ1) is 14.5. The fourth-order valence-electron chi connectivity index (χ4n) is 2.96. The quantitative estimate of drug-likeness (QED) is 0.941. The average molecular weight is 294 g/mol. The Labute approximate surface area is 129 Å². The molecule has 0 aromatic heterocycles. The van der Waals surface area contributed by atoms with Crippen molar-refractivity contribution in [1.29, 1.82) is 0 Å². The molecular formula is C19H18O3. The van der Waals surface area contributed by atoms with Gasteiger partial charge in [-0.1, -0.05) is 48.5 Å². The van der Waals surface area contributed by atoms with E-state index in [1.165, 1.54) is 0 Å². The van der Waals surface area contributed by atoms with Crippen molar-refractivity contribution in [3.63, 3.8) is 0 Å². The highest BCUT2D eigenvalue weighted by Crippen LogP contribution is 2.40. The van der Waals surface area contributed by atoms with E-state index in [2.05, 4.69) is 0 Å². The van der Waals surface area contributed by atoms with Gasteiger partial charge in [-0.05, 0) is 29.3 Å². The molecule has 3 atom stereocenters. The van der Waals surface area contributed by atoms with E-state index in [0.717, 1.165) is 16.9 Å². The summed E-state index contributed by atoms with van der Waals surface area (Å²) in [4.78, 5) is 12.2. The first-order valence-electron chi connectivity index (χ1n) is 7.29. The molecule has 2 aromatic carbocycles. The second kappa shape index (κ2) is 6.16. The molecule has 112 valence electrons. The van der Waals surface area contributed by atoms with Gasteiger partial charge in [-0.2, -0.15) is 0 Å². The molecule has 3 heteroatoms. The van der Waals surface area contributed by atoms with Crippen molar-refractivity contribution in [3.05, 3.63) is 77.9 Å². The molecule has 22 heavy (non-hydrogen) atoms. The number of benzene rings is 2. The molecule has 0 fully saturated rings. The molecule has 0 unspecified atom stereocenters. The van der Waals surface area contributed by atoms with Gasteiger partial charge in [-0.3, -0.25) is 4.79 Å². The van der Waals surface area contributed by atoms with Gasteiger partial charge in [0, 0.05) is 5.92 Å². The third-order valence-electron chi connectivity index (χ3n) is 4.17. The summed E-state index contributed by atoms with van der Waals surface area (Å²) in [5.41, 5.74) is 1.77. The first-order valence-corrected chi connectivity index (χ1v) is 7.29. The van der Waals surface area contributed by atoms with Crippen molar-refractivity contribution in [2.24, 2.45) is 5.92 Å². The van der Waals surface area contributed by atoms with Crippen molar-refractivity contribution in [2.45, 2.75) is 12.0 Å². The number of ether oxygens (including phenoxy) is 1. The highest BCUT2D eigenvalue weighted by molar-refractivity contribution is 5.96. The molecule has 0 amide bonds. The van der Waals surface area contributed by atoms with Crippen LogP contribution in [0.4, 0.5) is 0 Å². The molecule has 1 aliphatic rings. The van der Waals surface area contributed by atoms with Crippen LogP contribution < -0.4 is 4.74 Å². The van der Waals surface area contributed by atoms with Crippen LogP contribution in [0.5, 0.6) is 5.75 Å². The molecule has 0 aliphatic heterocycles. The summed E-state index contributed by atoms with van der Waals surface area (Å²) < 4.78 is 5.13. The lowest BCUT2D eigenvalue weighted by Gasteiger charge is -2.24. The largest absolute Gasteiger partial charge is 0.497 e. The zero-order valence-corrected chi connectivity index (χ0v) is 12.3. The number of carbonyl (C=O) groups is 1. The molecule has 0 saturated carbocycles. The Hall–Kier alpha value is -2.39. The monoisotopic (exact) mass is 294 g/mol. The van der Waals surface area contributed by atoms with Crippen molar-refractivity contribution in [1.82, 2.24) is 0 Å². The summed E-state index contributed by atoms with van der Waals surface area (Å²) in [5.74, 6) is 0.130. The number of allylic oxidation sites excluding steroid dienone is 2. The molecule has 1 aliphatic carbocycles. The zero-order valence-electron chi connectivity index (χ0n) is 12.3. The first-order chi connectivity index (χ1) is 10.7. The highest BCUT2D eigenvalue weighted by atomic mass is 16.5. The molecule has 0 spiro atoms. The van der Waals surface area contributed by atoms with Crippen LogP contribution in [-0.4, -0.2) is 18.0 Å². The second-order valence-corrected chi connectivity index (χ2v) is 5.44. The molecule has 0 radical (unpaired) electrons. The molecule has 1 N–H and O–H groups in total. The van der Waals surface area contributed by atoms with Crippen LogP contribution in [-0.2, 0) is 4.79 Å². The van der Waals surface area contributed by atoms with Crippen molar-refractivity contribution in [3.8, 4) is 5.75 Å². The van der Waals surface area contributed by atoms with Gasteiger partial charge in [0.2, 0.25) is 0 Å². The maximum atomic E-state index is 12.2. The van der Waals surface area contributed by atoms with Crippen molar-refractivity contribution >= 4 is 5.78 Å². The van der Waals surface area contributed by atoms with Crippen molar-refractivity contribution in [2.75, 3.05) is 7.11 Å². The van der Waals surface area contributed by atoms with Crippen LogP contribution in [0.2, 0.25) is 0 Å². The lowest BCUT2D eigenvalue weighted by molar-refractivity contribution is -0.121. The molecule has 3 rings (SSSR count). The fraction of sp³-hybridized carbons (Fsp3) is 0.211. The minimum Gasteiger partial charge on any atom is -0.497 e. The predicted molar refractivity (Wildman–Crippen MR) is 84.8 cm³/mol. The lowest BCUT2D eigenvalue weighted by atomic mass is 9.82. The van der Waals surface area contributed by atoms with Crippen LogP contribution in [0.15, 0.2) is 66.7 Å². The van der Waals surface area contributed by atoms with Crippen LogP contribution in [0.1, 0.15) is 23.1 Å². The van der Waals surface area contributed by atoms with Crippen LogP contribution in [0.25, 0.3) is 0 Å². The van der Waals surface area contributed by atoms with E-state index in [-0.39, 0.29) is 11.7 Å². The normalized spacial score (nSPS) is 21.8. The number of aliphatic hydroxyl groups is 1. The van der Waals surface area contributed by atoms with Gasteiger partial charge in [0.25, 0.3) is 0 Å². The smallest absolute Gasteiger partial charge is 0.162 e. The topological polar surface area (TPSA) is 46.5 Å².